The maximum Gasteiger partial charge on any atom is 0.250 e. The van der Waals surface area contributed by atoms with Crippen molar-refractivity contribution in [3.05, 3.63) is 58.3 Å². The maximum absolute atomic E-state index is 12.7. The zero-order valence-electron chi connectivity index (χ0n) is 8.25. The van der Waals surface area contributed by atoms with Crippen LogP contribution in [0.4, 0.5) is 4.39 Å². The van der Waals surface area contributed by atoms with E-state index in [1.807, 2.05) is 0 Å². The molecule has 0 saturated heterocycles. The number of hydrogen-bond donors (Lipinski definition) is 1. The second-order valence-electron chi connectivity index (χ2n) is 3.41. The van der Waals surface area contributed by atoms with Crippen LogP contribution in [0.1, 0.15) is 5.56 Å². The number of H-pyrrole nitrogens is 1. The van der Waals surface area contributed by atoms with Crippen molar-refractivity contribution in [3.63, 3.8) is 0 Å². The van der Waals surface area contributed by atoms with Gasteiger partial charge in [-0.1, -0.05) is 12.1 Å². The topological polar surface area (TPSA) is 32.9 Å². The van der Waals surface area contributed by atoms with E-state index < -0.39 is 0 Å². The average Bonchev–Trinajstić information content (AvgIpc) is 2.23. The van der Waals surface area contributed by atoms with E-state index in [-0.39, 0.29) is 11.4 Å². The van der Waals surface area contributed by atoms with Gasteiger partial charge in [0.2, 0.25) is 0 Å². The molecule has 1 aromatic carbocycles. The van der Waals surface area contributed by atoms with Crippen LogP contribution >= 0.6 is 0 Å². The van der Waals surface area contributed by atoms with Gasteiger partial charge in [-0.15, -0.1) is 0 Å². The van der Waals surface area contributed by atoms with Crippen LogP contribution in [0.5, 0.6) is 0 Å². The van der Waals surface area contributed by atoms with E-state index in [0.717, 1.165) is 11.1 Å². The summed E-state index contributed by atoms with van der Waals surface area (Å²) in [6.45, 7) is 1.74. The summed E-state index contributed by atoms with van der Waals surface area (Å²) < 4.78 is 12.7. The molecular formula is C12H10FNO. The number of nitrogens with one attached hydrogen (secondary N) is 1. The number of pyridine rings is 1. The molecule has 0 amide bonds. The van der Waals surface area contributed by atoms with Crippen LogP contribution in [-0.4, -0.2) is 4.98 Å². The average molecular weight is 203 g/mol. The molecule has 0 bridgehead atoms. The largest absolute Gasteiger partial charge is 0.328 e. The summed E-state index contributed by atoms with van der Waals surface area (Å²) in [6, 6.07) is 7.95. The van der Waals surface area contributed by atoms with Gasteiger partial charge in [0.05, 0.1) is 0 Å². The molecule has 0 radical (unpaired) electrons. The zero-order valence-corrected chi connectivity index (χ0v) is 8.25. The smallest absolute Gasteiger partial charge is 0.250 e. The van der Waals surface area contributed by atoms with Gasteiger partial charge in [-0.3, -0.25) is 4.79 Å². The highest BCUT2D eigenvalue weighted by Crippen LogP contribution is 2.18. The van der Waals surface area contributed by atoms with E-state index in [4.69, 9.17) is 0 Å². The lowest BCUT2D eigenvalue weighted by Gasteiger charge is -2.01. The monoisotopic (exact) mass is 203 g/mol. The number of hydrogen-bond acceptors (Lipinski definition) is 1. The fraction of sp³-hybridized carbons (Fsp3) is 0.0833. The summed E-state index contributed by atoms with van der Waals surface area (Å²) in [7, 11) is 0. The molecule has 0 aliphatic rings. The minimum atomic E-state index is -0.264. The van der Waals surface area contributed by atoms with E-state index in [1.165, 1.54) is 12.1 Å². The second kappa shape index (κ2) is 3.69. The first-order valence-electron chi connectivity index (χ1n) is 4.62. The lowest BCUT2D eigenvalue weighted by molar-refractivity contribution is 0.628. The van der Waals surface area contributed by atoms with Gasteiger partial charge in [0.1, 0.15) is 5.82 Å². The first-order valence-corrected chi connectivity index (χ1v) is 4.62. The summed E-state index contributed by atoms with van der Waals surface area (Å²) in [5.41, 5.74) is 2.32. The molecule has 76 valence electrons. The molecule has 15 heavy (non-hydrogen) atoms. The van der Waals surface area contributed by atoms with Crippen LogP contribution in [0.3, 0.4) is 0 Å². The molecule has 0 fully saturated rings. The molecule has 0 unspecified atom stereocenters. The standard InChI is InChI=1S/C12H10FNO/c1-8-6-10(7-14-12(8)15)9-2-4-11(13)5-3-9/h2-7H,1H3,(H,14,15). The summed E-state index contributed by atoms with van der Waals surface area (Å²) in [5.74, 6) is -0.264. The number of halogens is 1. The number of aromatic amines is 1. The second-order valence-corrected chi connectivity index (χ2v) is 3.41. The van der Waals surface area contributed by atoms with Crippen molar-refractivity contribution in [2.75, 3.05) is 0 Å². The van der Waals surface area contributed by atoms with Crippen LogP contribution in [0.2, 0.25) is 0 Å². The molecule has 0 spiro atoms. The maximum atomic E-state index is 12.7. The molecule has 1 heterocycles. The molecular weight excluding hydrogens is 193 g/mol. The van der Waals surface area contributed by atoms with E-state index in [1.54, 1.807) is 31.3 Å². The van der Waals surface area contributed by atoms with Crippen LogP contribution in [0.25, 0.3) is 11.1 Å². The predicted octanol–water partition coefficient (Wildman–Crippen LogP) is 2.49. The predicted molar refractivity (Wildman–Crippen MR) is 57.2 cm³/mol. The molecule has 0 aliphatic carbocycles. The van der Waals surface area contributed by atoms with Crippen LogP contribution < -0.4 is 5.56 Å². The Morgan fingerprint density at radius 2 is 1.80 bits per heavy atom. The Balaban J connectivity index is 2.50. The normalized spacial score (nSPS) is 10.3. The lowest BCUT2D eigenvalue weighted by atomic mass is 10.1. The van der Waals surface area contributed by atoms with Gasteiger partial charge in [0, 0.05) is 11.8 Å². The summed E-state index contributed by atoms with van der Waals surface area (Å²) in [4.78, 5) is 13.8. The minimum Gasteiger partial charge on any atom is -0.328 e. The van der Waals surface area contributed by atoms with Crippen LogP contribution in [-0.2, 0) is 0 Å². The zero-order chi connectivity index (χ0) is 10.8. The van der Waals surface area contributed by atoms with Crippen molar-refractivity contribution < 1.29 is 4.39 Å². The fourth-order valence-electron chi connectivity index (χ4n) is 1.41. The van der Waals surface area contributed by atoms with Gasteiger partial charge < -0.3 is 4.98 Å². The fourth-order valence-corrected chi connectivity index (χ4v) is 1.41. The van der Waals surface area contributed by atoms with Crippen molar-refractivity contribution in [2.24, 2.45) is 0 Å². The van der Waals surface area contributed by atoms with Gasteiger partial charge in [0.15, 0.2) is 0 Å². The molecule has 0 aliphatic heterocycles. The Kier molecular flexibility index (Phi) is 2.37. The van der Waals surface area contributed by atoms with Gasteiger partial charge >= 0.3 is 0 Å². The van der Waals surface area contributed by atoms with Crippen molar-refractivity contribution in [1.29, 1.82) is 0 Å². The summed E-state index contributed by atoms with van der Waals surface area (Å²) in [5, 5.41) is 0. The van der Waals surface area contributed by atoms with Crippen molar-refractivity contribution in [2.45, 2.75) is 6.92 Å². The SMILES string of the molecule is Cc1cc(-c2ccc(F)cc2)c[nH]c1=O. The molecule has 3 heteroatoms. The summed E-state index contributed by atoms with van der Waals surface area (Å²) in [6.07, 6.45) is 1.63. The third kappa shape index (κ3) is 1.96. The summed E-state index contributed by atoms with van der Waals surface area (Å²) >= 11 is 0. The Morgan fingerprint density at radius 1 is 1.13 bits per heavy atom. The van der Waals surface area contributed by atoms with Gasteiger partial charge in [-0.05, 0) is 36.2 Å². The van der Waals surface area contributed by atoms with Crippen LogP contribution in [0.15, 0.2) is 41.3 Å². The molecule has 2 aromatic rings. The number of aryl methyl sites for hydroxylation is 1. The molecule has 0 saturated carbocycles. The Labute approximate surface area is 86.4 Å². The van der Waals surface area contributed by atoms with Crippen molar-refractivity contribution in [3.8, 4) is 11.1 Å². The number of rotatable bonds is 1. The van der Waals surface area contributed by atoms with E-state index in [9.17, 15) is 9.18 Å². The van der Waals surface area contributed by atoms with Gasteiger partial charge in [-0.2, -0.15) is 0 Å². The molecule has 0 atom stereocenters. The lowest BCUT2D eigenvalue weighted by Crippen LogP contribution is -2.07. The van der Waals surface area contributed by atoms with E-state index in [0.29, 0.717) is 5.56 Å². The third-order valence-electron chi connectivity index (χ3n) is 2.27. The molecule has 1 N–H and O–H groups in total. The first kappa shape index (κ1) is 9.65. The minimum absolute atomic E-state index is 0.0964. The Morgan fingerprint density at radius 3 is 2.40 bits per heavy atom. The highest BCUT2D eigenvalue weighted by Gasteiger charge is 2.00. The first-order chi connectivity index (χ1) is 7.16. The number of benzene rings is 1. The van der Waals surface area contributed by atoms with E-state index >= 15 is 0 Å². The quantitative estimate of drug-likeness (QED) is 0.758. The van der Waals surface area contributed by atoms with Gasteiger partial charge in [-0.25, -0.2) is 4.39 Å². The Hall–Kier alpha value is -1.90. The van der Waals surface area contributed by atoms with Crippen molar-refractivity contribution in [1.82, 2.24) is 4.98 Å². The van der Waals surface area contributed by atoms with Crippen LogP contribution in [0, 0.1) is 12.7 Å². The van der Waals surface area contributed by atoms with Gasteiger partial charge in [0.25, 0.3) is 5.56 Å². The van der Waals surface area contributed by atoms with Crippen molar-refractivity contribution >= 4 is 0 Å². The molecule has 2 nitrogen and oxygen atoms in total. The Bertz CT molecular complexity index is 528. The highest BCUT2D eigenvalue weighted by atomic mass is 19.1. The van der Waals surface area contributed by atoms with E-state index in [2.05, 4.69) is 4.98 Å². The molecule has 2 rings (SSSR count). The highest BCUT2D eigenvalue weighted by molar-refractivity contribution is 5.62. The number of aromatic nitrogens is 1. The third-order valence-corrected chi connectivity index (χ3v) is 2.27. The molecule has 1 aromatic heterocycles.